The van der Waals surface area contributed by atoms with E-state index in [1.807, 2.05) is 37.3 Å². The smallest absolute Gasteiger partial charge is 0.262 e. The highest BCUT2D eigenvalue weighted by Crippen LogP contribution is 2.27. The Morgan fingerprint density at radius 1 is 1.00 bits per heavy atom. The minimum absolute atomic E-state index is 0.134. The molecule has 0 amide bonds. The van der Waals surface area contributed by atoms with Gasteiger partial charge in [-0.1, -0.05) is 48.0 Å². The van der Waals surface area contributed by atoms with Crippen molar-refractivity contribution in [2.24, 2.45) is 0 Å². The Hall–Kier alpha value is -2.83. The van der Waals surface area contributed by atoms with Crippen molar-refractivity contribution in [3.05, 3.63) is 77.3 Å². The van der Waals surface area contributed by atoms with Crippen LogP contribution in [-0.4, -0.2) is 18.4 Å². The molecule has 0 radical (unpaired) electrons. The number of nitrogens with zero attached hydrogens (tertiary/aromatic N) is 1. The summed E-state index contributed by atoms with van der Waals surface area (Å²) < 4.78 is 28.0. The number of hydrogen-bond donors (Lipinski definition) is 2. The van der Waals surface area contributed by atoms with Crippen LogP contribution in [0.5, 0.6) is 0 Å². The van der Waals surface area contributed by atoms with Crippen LogP contribution >= 0.6 is 11.6 Å². The average Bonchev–Trinajstić information content (AvgIpc) is 3.08. The first-order valence-corrected chi connectivity index (χ1v) is 10.1. The number of imidazole rings is 1. The fraction of sp³-hybridized carbons (Fsp3) is 0.0500. The van der Waals surface area contributed by atoms with Gasteiger partial charge in [-0.25, -0.2) is 13.4 Å². The number of rotatable bonds is 4. The summed E-state index contributed by atoms with van der Waals surface area (Å²) in [6.07, 6.45) is 0. The molecule has 0 saturated heterocycles. The van der Waals surface area contributed by atoms with Gasteiger partial charge in [0.2, 0.25) is 0 Å². The highest BCUT2D eigenvalue weighted by molar-refractivity contribution is 7.92. The summed E-state index contributed by atoms with van der Waals surface area (Å²) >= 11 is 6.15. The Kier molecular flexibility index (Phi) is 4.37. The van der Waals surface area contributed by atoms with Gasteiger partial charge < -0.3 is 4.98 Å². The number of sulfonamides is 1. The van der Waals surface area contributed by atoms with Crippen molar-refractivity contribution in [3.63, 3.8) is 0 Å². The summed E-state index contributed by atoms with van der Waals surface area (Å²) in [4.78, 5) is 7.83. The molecule has 0 bridgehead atoms. The van der Waals surface area contributed by atoms with Crippen molar-refractivity contribution < 1.29 is 8.42 Å². The lowest BCUT2D eigenvalue weighted by atomic mass is 10.2. The van der Waals surface area contributed by atoms with Gasteiger partial charge in [-0.05, 0) is 42.8 Å². The van der Waals surface area contributed by atoms with Gasteiger partial charge in [-0.3, -0.25) is 4.72 Å². The molecule has 0 atom stereocenters. The molecule has 2 N–H and O–H groups in total. The van der Waals surface area contributed by atoms with Crippen LogP contribution in [-0.2, 0) is 10.0 Å². The molecule has 0 saturated carbocycles. The third-order valence-corrected chi connectivity index (χ3v) is 5.86. The molecule has 1 aromatic heterocycles. The zero-order valence-electron chi connectivity index (χ0n) is 14.4. The highest BCUT2D eigenvalue weighted by Gasteiger charge is 2.17. The summed E-state index contributed by atoms with van der Waals surface area (Å²) in [5.41, 5.74) is 3.57. The van der Waals surface area contributed by atoms with E-state index >= 15 is 0 Å². The Labute approximate surface area is 162 Å². The molecule has 0 fully saturated rings. The monoisotopic (exact) mass is 397 g/mol. The minimum Gasteiger partial charge on any atom is -0.338 e. The Balaban J connectivity index is 1.70. The van der Waals surface area contributed by atoms with E-state index in [1.54, 1.807) is 30.3 Å². The maximum absolute atomic E-state index is 12.8. The number of aromatic nitrogens is 2. The van der Waals surface area contributed by atoms with Gasteiger partial charge in [0.15, 0.2) is 0 Å². The molecule has 0 unspecified atom stereocenters. The number of fused-ring (bicyclic) bond motifs is 1. The van der Waals surface area contributed by atoms with Crippen molar-refractivity contribution in [3.8, 4) is 11.4 Å². The van der Waals surface area contributed by atoms with E-state index in [-0.39, 0.29) is 4.90 Å². The molecule has 0 aliphatic carbocycles. The molecule has 136 valence electrons. The molecule has 0 spiro atoms. The van der Waals surface area contributed by atoms with Gasteiger partial charge in [-0.2, -0.15) is 0 Å². The fourth-order valence-electron chi connectivity index (χ4n) is 2.80. The maximum atomic E-state index is 12.8. The summed E-state index contributed by atoms with van der Waals surface area (Å²) in [5, 5.41) is 0.354. The first-order valence-electron chi connectivity index (χ1n) is 8.26. The van der Waals surface area contributed by atoms with Gasteiger partial charge in [0.1, 0.15) is 5.82 Å². The lowest BCUT2D eigenvalue weighted by molar-refractivity contribution is 0.601. The van der Waals surface area contributed by atoms with E-state index in [2.05, 4.69) is 14.7 Å². The molecule has 1 heterocycles. The van der Waals surface area contributed by atoms with Crippen LogP contribution in [0.3, 0.4) is 0 Å². The molecular weight excluding hydrogens is 382 g/mol. The molecule has 5 nitrogen and oxygen atoms in total. The van der Waals surface area contributed by atoms with E-state index < -0.39 is 10.0 Å². The summed E-state index contributed by atoms with van der Waals surface area (Å²) in [6, 6.07) is 19.6. The largest absolute Gasteiger partial charge is 0.338 e. The second-order valence-corrected chi connectivity index (χ2v) is 8.31. The second kappa shape index (κ2) is 6.72. The number of aromatic amines is 1. The third-order valence-electron chi connectivity index (χ3n) is 4.18. The molecule has 4 rings (SSSR count). The molecule has 7 heteroatoms. The standard InChI is InChI=1S/C20H16ClN3O2S/c1-13-7-9-17(16(21)11-13)24-27(25,26)15-8-10-18-19(12-15)23-20(22-18)14-5-3-2-4-6-14/h2-12,24H,1H3,(H,22,23). The van der Waals surface area contributed by atoms with Crippen molar-refractivity contribution in [2.45, 2.75) is 11.8 Å². The van der Waals surface area contributed by atoms with Gasteiger partial charge >= 0.3 is 0 Å². The van der Waals surface area contributed by atoms with Gasteiger partial charge in [0.25, 0.3) is 10.0 Å². The van der Waals surface area contributed by atoms with Gasteiger partial charge in [-0.15, -0.1) is 0 Å². The SMILES string of the molecule is Cc1ccc(NS(=O)(=O)c2ccc3nc(-c4ccccc4)[nH]c3c2)c(Cl)c1. The van der Waals surface area contributed by atoms with Crippen LogP contribution in [0.2, 0.25) is 5.02 Å². The van der Waals surface area contributed by atoms with E-state index in [0.29, 0.717) is 27.6 Å². The van der Waals surface area contributed by atoms with Crippen LogP contribution in [0.15, 0.2) is 71.6 Å². The van der Waals surface area contributed by atoms with Crippen LogP contribution < -0.4 is 4.72 Å². The minimum atomic E-state index is -3.78. The second-order valence-electron chi connectivity index (χ2n) is 6.22. The average molecular weight is 398 g/mol. The summed E-state index contributed by atoms with van der Waals surface area (Å²) in [5.74, 6) is 0.690. The zero-order chi connectivity index (χ0) is 19.0. The lowest BCUT2D eigenvalue weighted by Gasteiger charge is -2.10. The first-order chi connectivity index (χ1) is 12.9. The number of nitrogens with one attached hydrogen (secondary N) is 2. The zero-order valence-corrected chi connectivity index (χ0v) is 16.0. The normalized spacial score (nSPS) is 11.6. The molecule has 0 aliphatic heterocycles. The quantitative estimate of drug-likeness (QED) is 0.509. The van der Waals surface area contributed by atoms with Gasteiger partial charge in [0, 0.05) is 5.56 Å². The van der Waals surface area contributed by atoms with E-state index in [4.69, 9.17) is 11.6 Å². The third kappa shape index (κ3) is 3.54. The number of hydrogen-bond acceptors (Lipinski definition) is 3. The Bertz CT molecular complexity index is 1230. The summed E-state index contributed by atoms with van der Waals surface area (Å²) in [6.45, 7) is 1.89. The van der Waals surface area contributed by atoms with Crippen molar-refractivity contribution >= 4 is 38.3 Å². The predicted octanol–water partition coefficient (Wildman–Crippen LogP) is 4.99. The fourth-order valence-corrected chi connectivity index (χ4v) is 4.24. The molecule has 27 heavy (non-hydrogen) atoms. The van der Waals surface area contributed by atoms with Crippen molar-refractivity contribution in [1.29, 1.82) is 0 Å². The van der Waals surface area contributed by atoms with E-state index in [9.17, 15) is 8.42 Å². The van der Waals surface area contributed by atoms with Crippen LogP contribution in [0.25, 0.3) is 22.4 Å². The van der Waals surface area contributed by atoms with E-state index in [0.717, 1.165) is 11.1 Å². The Morgan fingerprint density at radius 2 is 1.78 bits per heavy atom. The topological polar surface area (TPSA) is 74.8 Å². The van der Waals surface area contributed by atoms with Crippen molar-refractivity contribution in [2.75, 3.05) is 4.72 Å². The van der Waals surface area contributed by atoms with Gasteiger partial charge in [0.05, 0.1) is 26.6 Å². The predicted molar refractivity (Wildman–Crippen MR) is 109 cm³/mol. The maximum Gasteiger partial charge on any atom is 0.262 e. The van der Waals surface area contributed by atoms with Crippen LogP contribution in [0.1, 0.15) is 5.56 Å². The molecule has 4 aromatic rings. The first kappa shape index (κ1) is 17.6. The van der Waals surface area contributed by atoms with Crippen molar-refractivity contribution in [1.82, 2.24) is 9.97 Å². The number of halogens is 1. The molecule has 3 aromatic carbocycles. The number of anilines is 1. The highest BCUT2D eigenvalue weighted by atomic mass is 35.5. The van der Waals surface area contributed by atoms with Crippen LogP contribution in [0, 0.1) is 6.92 Å². The Morgan fingerprint density at radius 3 is 2.52 bits per heavy atom. The molecular formula is C20H16ClN3O2S. The number of aryl methyl sites for hydroxylation is 1. The number of H-pyrrole nitrogens is 1. The lowest BCUT2D eigenvalue weighted by Crippen LogP contribution is -2.13. The molecule has 0 aliphatic rings. The van der Waals surface area contributed by atoms with Crippen LogP contribution in [0.4, 0.5) is 5.69 Å². The summed E-state index contributed by atoms with van der Waals surface area (Å²) in [7, 11) is -3.78. The van der Waals surface area contributed by atoms with E-state index in [1.165, 1.54) is 6.07 Å². The number of benzene rings is 3.